The maximum absolute atomic E-state index is 13.5. The lowest BCUT2D eigenvalue weighted by Crippen LogP contribution is -2.39. The molecule has 1 saturated carbocycles. The Bertz CT molecular complexity index is 1850. The minimum atomic E-state index is -3.59. The second kappa shape index (κ2) is 11.9. The summed E-state index contributed by atoms with van der Waals surface area (Å²) in [5.74, 6) is 2.20. The molecule has 1 aliphatic carbocycles. The van der Waals surface area contributed by atoms with Gasteiger partial charge in [-0.05, 0) is 103 Å². The zero-order chi connectivity index (χ0) is 30.4. The first-order valence-electron chi connectivity index (χ1n) is 15.0. The Labute approximate surface area is 268 Å². The van der Waals surface area contributed by atoms with Crippen LogP contribution in [-0.4, -0.2) is 42.5 Å². The molecular formula is C35H33Cl2N3O3S. The first-order valence-corrected chi connectivity index (χ1v) is 17.2. The van der Waals surface area contributed by atoms with Crippen LogP contribution in [0, 0.1) is 0 Å². The number of imidazole rings is 1. The Morgan fingerprint density at radius 2 is 1.34 bits per heavy atom. The predicted octanol–water partition coefficient (Wildman–Crippen LogP) is 8.44. The summed E-state index contributed by atoms with van der Waals surface area (Å²) in [5, 5.41) is 1.40. The molecule has 0 spiro atoms. The molecule has 0 unspecified atom stereocenters. The van der Waals surface area contributed by atoms with E-state index in [-0.39, 0.29) is 12.0 Å². The molecule has 2 fully saturated rings. The number of nitrogens with zero attached hydrogens (tertiary/aromatic N) is 3. The summed E-state index contributed by atoms with van der Waals surface area (Å²) in [6.07, 6.45) is 3.73. The molecule has 6 nitrogen and oxygen atoms in total. The van der Waals surface area contributed by atoms with Crippen LogP contribution in [0.3, 0.4) is 0 Å². The average Bonchev–Trinajstić information content (AvgIpc) is 3.83. The van der Waals surface area contributed by atoms with Crippen molar-refractivity contribution >= 4 is 44.3 Å². The van der Waals surface area contributed by atoms with Gasteiger partial charge in [0.15, 0.2) is 0 Å². The van der Waals surface area contributed by atoms with Gasteiger partial charge in [-0.3, -0.25) is 0 Å². The maximum atomic E-state index is 13.5. The van der Waals surface area contributed by atoms with Gasteiger partial charge in [-0.2, -0.15) is 4.31 Å². The molecule has 0 radical (unpaired) electrons. The van der Waals surface area contributed by atoms with Crippen LogP contribution < -0.4 is 4.74 Å². The fourth-order valence-corrected chi connectivity index (χ4v) is 8.17. The van der Waals surface area contributed by atoms with Crippen LogP contribution in [0.25, 0.3) is 11.0 Å². The van der Waals surface area contributed by atoms with Gasteiger partial charge in [-0.15, -0.1) is 0 Å². The molecule has 226 valence electrons. The molecule has 0 amide bonds. The number of sulfonamides is 1. The van der Waals surface area contributed by atoms with Gasteiger partial charge in [0.1, 0.15) is 11.6 Å². The minimum absolute atomic E-state index is 0.0156. The highest BCUT2D eigenvalue weighted by Crippen LogP contribution is 2.44. The second-order valence-corrected chi connectivity index (χ2v) is 14.5. The van der Waals surface area contributed by atoms with Crippen LogP contribution in [0.15, 0.2) is 95.9 Å². The van der Waals surface area contributed by atoms with Gasteiger partial charge in [0, 0.05) is 41.0 Å². The van der Waals surface area contributed by atoms with E-state index in [0.29, 0.717) is 39.7 Å². The van der Waals surface area contributed by atoms with Gasteiger partial charge in [0.25, 0.3) is 0 Å². The number of ether oxygens (including phenoxy) is 1. The molecule has 0 bridgehead atoms. The summed E-state index contributed by atoms with van der Waals surface area (Å²) < 4.78 is 36.2. The molecule has 5 aromatic rings. The van der Waals surface area contributed by atoms with Gasteiger partial charge < -0.3 is 9.30 Å². The van der Waals surface area contributed by atoms with Crippen molar-refractivity contribution in [2.75, 3.05) is 20.2 Å². The molecule has 7 rings (SSSR count). The zero-order valence-corrected chi connectivity index (χ0v) is 26.7. The van der Waals surface area contributed by atoms with Gasteiger partial charge in [-0.1, -0.05) is 53.5 Å². The Kier molecular flexibility index (Phi) is 7.91. The number of fused-ring (bicyclic) bond motifs is 1. The highest BCUT2D eigenvalue weighted by atomic mass is 35.5. The fourth-order valence-electron chi connectivity index (χ4n) is 6.45. The standard InChI is InChI=1S/C35H33Cl2N3O3S/c1-43-30-13-15-31(16-14-30)44(41,42)39-20-18-29(19-21-39)40-33-22-26(8-17-32(33)38-35(40)25-2-3-25)34(23-4-9-27(36)10-5-23)24-6-11-28(37)12-7-24/h4-17,22,25,29,34H,2-3,18-21H2,1H3. The van der Waals surface area contributed by atoms with Crippen molar-refractivity contribution in [3.8, 4) is 5.75 Å². The third-order valence-corrected chi connectivity index (χ3v) is 11.3. The van der Waals surface area contributed by atoms with Crippen LogP contribution in [-0.2, 0) is 10.0 Å². The average molecular weight is 647 g/mol. The monoisotopic (exact) mass is 645 g/mol. The second-order valence-electron chi connectivity index (χ2n) is 11.7. The van der Waals surface area contributed by atoms with Crippen LogP contribution in [0.4, 0.5) is 0 Å². The van der Waals surface area contributed by atoms with E-state index in [4.69, 9.17) is 32.9 Å². The largest absolute Gasteiger partial charge is 0.497 e. The summed E-state index contributed by atoms with van der Waals surface area (Å²) in [7, 11) is -2.02. The summed E-state index contributed by atoms with van der Waals surface area (Å²) in [6, 6.07) is 29.4. The van der Waals surface area contributed by atoms with E-state index in [2.05, 4.69) is 47.0 Å². The number of piperidine rings is 1. The molecular weight excluding hydrogens is 613 g/mol. The number of hydrogen-bond donors (Lipinski definition) is 0. The van der Waals surface area contributed by atoms with E-state index in [1.807, 2.05) is 24.3 Å². The highest BCUT2D eigenvalue weighted by molar-refractivity contribution is 7.89. The SMILES string of the molecule is COc1ccc(S(=O)(=O)N2CCC(n3c(C4CC4)nc4ccc(C(c5ccc(Cl)cc5)c5ccc(Cl)cc5)cc43)CC2)cc1. The summed E-state index contributed by atoms with van der Waals surface area (Å²) in [5.41, 5.74) is 5.53. The van der Waals surface area contributed by atoms with Crippen LogP contribution in [0.1, 0.15) is 66.1 Å². The Balaban J connectivity index is 1.23. The van der Waals surface area contributed by atoms with Crippen LogP contribution in [0.5, 0.6) is 5.75 Å². The van der Waals surface area contributed by atoms with Crippen molar-refractivity contribution in [2.45, 2.75) is 48.5 Å². The zero-order valence-electron chi connectivity index (χ0n) is 24.4. The van der Waals surface area contributed by atoms with E-state index in [1.54, 1.807) is 35.7 Å². The lowest BCUT2D eigenvalue weighted by Gasteiger charge is -2.33. The highest BCUT2D eigenvalue weighted by Gasteiger charge is 2.35. The molecule has 44 heavy (non-hydrogen) atoms. The number of aromatic nitrogens is 2. The minimum Gasteiger partial charge on any atom is -0.497 e. The lowest BCUT2D eigenvalue weighted by molar-refractivity contribution is 0.274. The third kappa shape index (κ3) is 5.63. The molecule has 9 heteroatoms. The Morgan fingerprint density at radius 1 is 0.773 bits per heavy atom. The fraction of sp³-hybridized carbons (Fsp3) is 0.286. The topological polar surface area (TPSA) is 64.4 Å². The van der Waals surface area contributed by atoms with Crippen molar-refractivity contribution < 1.29 is 13.2 Å². The molecule has 0 atom stereocenters. The van der Waals surface area contributed by atoms with Crippen molar-refractivity contribution in [3.63, 3.8) is 0 Å². The Morgan fingerprint density at radius 3 is 1.89 bits per heavy atom. The molecule has 4 aromatic carbocycles. The van der Waals surface area contributed by atoms with Gasteiger partial charge in [0.05, 0.1) is 23.0 Å². The summed E-state index contributed by atoms with van der Waals surface area (Å²) >= 11 is 12.5. The van der Waals surface area contributed by atoms with E-state index in [1.165, 1.54) is 0 Å². The van der Waals surface area contributed by atoms with Crippen molar-refractivity contribution in [3.05, 3.63) is 124 Å². The summed E-state index contributed by atoms with van der Waals surface area (Å²) in [4.78, 5) is 5.43. The van der Waals surface area contributed by atoms with Crippen molar-refractivity contribution in [2.24, 2.45) is 0 Å². The van der Waals surface area contributed by atoms with Crippen molar-refractivity contribution in [1.29, 1.82) is 0 Å². The number of benzene rings is 4. The quantitative estimate of drug-likeness (QED) is 0.159. The number of hydrogen-bond acceptors (Lipinski definition) is 4. The number of methoxy groups -OCH3 is 1. The first-order chi connectivity index (χ1) is 21.3. The number of rotatable bonds is 8. The number of halogens is 2. The van der Waals surface area contributed by atoms with Gasteiger partial charge in [0.2, 0.25) is 10.0 Å². The van der Waals surface area contributed by atoms with Gasteiger partial charge >= 0.3 is 0 Å². The molecule has 1 aromatic heterocycles. The molecule has 2 heterocycles. The third-order valence-electron chi connectivity index (χ3n) is 8.91. The molecule has 0 N–H and O–H groups in total. The van der Waals surface area contributed by atoms with Crippen molar-refractivity contribution in [1.82, 2.24) is 13.9 Å². The predicted molar refractivity (Wildman–Crippen MR) is 176 cm³/mol. The van der Waals surface area contributed by atoms with Gasteiger partial charge in [-0.25, -0.2) is 13.4 Å². The van der Waals surface area contributed by atoms with E-state index in [0.717, 1.165) is 59.2 Å². The smallest absolute Gasteiger partial charge is 0.243 e. The normalized spacial score (nSPS) is 16.5. The molecule has 2 aliphatic rings. The maximum Gasteiger partial charge on any atom is 0.243 e. The van der Waals surface area contributed by atoms with Crippen LogP contribution in [0.2, 0.25) is 10.0 Å². The first kappa shape index (κ1) is 29.4. The van der Waals surface area contributed by atoms with E-state index >= 15 is 0 Å². The lowest BCUT2D eigenvalue weighted by atomic mass is 9.85. The molecule has 1 aliphatic heterocycles. The molecule has 1 saturated heterocycles. The van der Waals surface area contributed by atoms with Crippen LogP contribution >= 0.6 is 23.2 Å². The van der Waals surface area contributed by atoms with E-state index < -0.39 is 10.0 Å². The summed E-state index contributed by atoms with van der Waals surface area (Å²) in [6.45, 7) is 0.918. The Hall–Kier alpha value is -3.36. The van der Waals surface area contributed by atoms with E-state index in [9.17, 15) is 8.42 Å².